The molecule has 11 heteroatoms. The molecule has 176 valence electrons. The highest BCUT2D eigenvalue weighted by molar-refractivity contribution is 7.89. The van der Waals surface area contributed by atoms with Gasteiger partial charge in [-0.1, -0.05) is 12.1 Å². The van der Waals surface area contributed by atoms with Crippen LogP contribution in [0.2, 0.25) is 0 Å². The molecule has 1 amide bonds. The summed E-state index contributed by atoms with van der Waals surface area (Å²) in [4.78, 5) is 15.8. The maximum Gasteiger partial charge on any atom is 0.416 e. The van der Waals surface area contributed by atoms with E-state index in [-0.39, 0.29) is 25.4 Å². The Morgan fingerprint density at radius 3 is 2.67 bits per heavy atom. The molecule has 0 atom stereocenters. The minimum Gasteiger partial charge on any atom is -0.391 e. The van der Waals surface area contributed by atoms with E-state index in [0.29, 0.717) is 24.1 Å². The molecule has 0 radical (unpaired) electrons. The molecule has 7 nitrogen and oxygen atoms in total. The third-order valence-electron chi connectivity index (χ3n) is 5.51. The Bertz CT molecular complexity index is 1180. The molecule has 0 spiro atoms. The van der Waals surface area contributed by atoms with Crippen LogP contribution in [0.15, 0.2) is 53.6 Å². The van der Waals surface area contributed by atoms with Crippen LogP contribution in [0.25, 0.3) is 5.57 Å². The summed E-state index contributed by atoms with van der Waals surface area (Å²) in [7, 11) is -4.11. The van der Waals surface area contributed by atoms with E-state index in [2.05, 4.69) is 10.3 Å². The zero-order valence-corrected chi connectivity index (χ0v) is 18.3. The highest BCUT2D eigenvalue weighted by Gasteiger charge is 2.33. The first-order valence-corrected chi connectivity index (χ1v) is 11.9. The van der Waals surface area contributed by atoms with Gasteiger partial charge in [0.1, 0.15) is 0 Å². The second-order valence-electron chi connectivity index (χ2n) is 7.94. The van der Waals surface area contributed by atoms with Crippen molar-refractivity contribution >= 4 is 21.7 Å². The molecule has 2 aliphatic rings. The third-order valence-corrected chi connectivity index (χ3v) is 7.37. The molecule has 1 N–H and O–H groups in total. The lowest BCUT2D eigenvalue weighted by atomic mass is 10.0. The highest BCUT2D eigenvalue weighted by atomic mass is 32.2. The number of carbonyl (C=O) groups excluding carboxylic acids is 1. The largest absolute Gasteiger partial charge is 0.416 e. The van der Waals surface area contributed by atoms with Gasteiger partial charge in [-0.25, -0.2) is 18.2 Å². The number of carbonyl (C=O) groups is 1. The number of aromatic nitrogens is 1. The fourth-order valence-electron chi connectivity index (χ4n) is 3.49. The van der Waals surface area contributed by atoms with Gasteiger partial charge in [-0.05, 0) is 61.1 Å². The molecule has 0 bridgehead atoms. The topological polar surface area (TPSA) is 88.6 Å². The monoisotopic (exact) mass is 481 g/mol. The van der Waals surface area contributed by atoms with Crippen LogP contribution < -0.4 is 10.1 Å². The van der Waals surface area contributed by atoms with Crippen LogP contribution in [-0.4, -0.2) is 43.4 Å². The number of alkyl halides is 3. The first-order chi connectivity index (χ1) is 15.6. The molecule has 2 aromatic rings. The van der Waals surface area contributed by atoms with Gasteiger partial charge in [0.2, 0.25) is 15.9 Å². The van der Waals surface area contributed by atoms with Crippen molar-refractivity contribution in [2.45, 2.75) is 30.3 Å². The van der Waals surface area contributed by atoms with Crippen molar-refractivity contribution in [1.82, 2.24) is 14.6 Å². The summed E-state index contributed by atoms with van der Waals surface area (Å²) in [5.74, 6) is 0.609. The molecule has 1 aromatic carbocycles. The van der Waals surface area contributed by atoms with Gasteiger partial charge in [-0.3, -0.25) is 0 Å². The number of sulfonamides is 1. The lowest BCUT2D eigenvalue weighted by Crippen LogP contribution is -2.35. The van der Waals surface area contributed by atoms with E-state index in [9.17, 15) is 26.4 Å². The molecule has 4 rings (SSSR count). The predicted molar refractivity (Wildman–Crippen MR) is 114 cm³/mol. The number of nitrogens with one attached hydrogen (secondary N) is 1. The van der Waals surface area contributed by atoms with E-state index >= 15 is 0 Å². The molecule has 1 aliphatic heterocycles. The van der Waals surface area contributed by atoms with Crippen LogP contribution in [0.3, 0.4) is 0 Å². The fourth-order valence-corrected chi connectivity index (χ4v) is 4.91. The van der Waals surface area contributed by atoms with Crippen LogP contribution in [0.5, 0.6) is 5.88 Å². The van der Waals surface area contributed by atoms with Crippen LogP contribution in [-0.2, 0) is 16.2 Å². The lowest BCUT2D eigenvalue weighted by molar-refractivity contribution is -0.137. The number of hydrogen-bond acceptors (Lipinski definition) is 5. The number of pyridine rings is 1. The van der Waals surface area contributed by atoms with Gasteiger partial charge in [0, 0.05) is 31.4 Å². The van der Waals surface area contributed by atoms with Gasteiger partial charge in [0.25, 0.3) is 0 Å². The Labute approximate surface area is 189 Å². The minimum atomic E-state index is -4.64. The number of benzene rings is 1. The second kappa shape index (κ2) is 9.14. The van der Waals surface area contributed by atoms with Gasteiger partial charge in [0.15, 0.2) is 0 Å². The minimum absolute atomic E-state index is 0.0316. The maximum absolute atomic E-state index is 13.0. The number of halogens is 3. The van der Waals surface area contributed by atoms with Crippen molar-refractivity contribution in [1.29, 1.82) is 0 Å². The summed E-state index contributed by atoms with van der Waals surface area (Å²) < 4.78 is 71.2. The van der Waals surface area contributed by atoms with Gasteiger partial charge in [0.05, 0.1) is 10.5 Å². The van der Waals surface area contributed by atoms with Crippen molar-refractivity contribution in [3.63, 3.8) is 0 Å². The SMILES string of the molecule is O=C(NCC1CC1)Oc1ncccc1C1=CCN(S(=O)(=O)c2cccc(C(F)(F)F)c2)CC1. The summed E-state index contributed by atoms with van der Waals surface area (Å²) in [6.45, 7) is 0.578. The summed E-state index contributed by atoms with van der Waals surface area (Å²) >= 11 is 0. The third kappa shape index (κ3) is 5.53. The molecule has 1 aromatic heterocycles. The van der Waals surface area contributed by atoms with E-state index in [1.165, 1.54) is 6.20 Å². The number of nitrogens with zero attached hydrogens (tertiary/aromatic N) is 2. The van der Waals surface area contributed by atoms with Crippen LogP contribution in [0.4, 0.5) is 18.0 Å². The molecular weight excluding hydrogens is 459 g/mol. The van der Waals surface area contributed by atoms with Crippen LogP contribution in [0, 0.1) is 5.92 Å². The first-order valence-electron chi connectivity index (χ1n) is 10.4. The van der Waals surface area contributed by atoms with E-state index in [0.717, 1.165) is 40.9 Å². The van der Waals surface area contributed by atoms with Crippen molar-refractivity contribution in [2.24, 2.45) is 5.92 Å². The Balaban J connectivity index is 1.48. The summed E-state index contributed by atoms with van der Waals surface area (Å²) in [5.41, 5.74) is 0.285. The first kappa shape index (κ1) is 23.2. The van der Waals surface area contributed by atoms with E-state index in [4.69, 9.17) is 4.74 Å². The van der Waals surface area contributed by atoms with E-state index < -0.39 is 32.8 Å². The Hall–Kier alpha value is -2.92. The molecule has 1 aliphatic carbocycles. The van der Waals surface area contributed by atoms with Crippen molar-refractivity contribution < 1.29 is 31.1 Å². The lowest BCUT2D eigenvalue weighted by Gasteiger charge is -2.26. The number of hydrogen-bond donors (Lipinski definition) is 1. The molecule has 0 unspecified atom stereocenters. The quantitative estimate of drug-likeness (QED) is 0.672. The second-order valence-corrected chi connectivity index (χ2v) is 9.88. The number of ether oxygens (including phenoxy) is 1. The van der Waals surface area contributed by atoms with Crippen LogP contribution in [0.1, 0.15) is 30.4 Å². The van der Waals surface area contributed by atoms with Crippen LogP contribution >= 0.6 is 0 Å². The van der Waals surface area contributed by atoms with Gasteiger partial charge in [-0.2, -0.15) is 17.5 Å². The van der Waals surface area contributed by atoms with Crippen molar-refractivity contribution in [2.75, 3.05) is 19.6 Å². The maximum atomic E-state index is 13.0. The number of rotatable bonds is 6. The smallest absolute Gasteiger partial charge is 0.391 e. The average Bonchev–Trinajstić information content (AvgIpc) is 3.62. The van der Waals surface area contributed by atoms with E-state index in [1.54, 1.807) is 18.2 Å². The Morgan fingerprint density at radius 1 is 1.21 bits per heavy atom. The van der Waals surface area contributed by atoms with Gasteiger partial charge < -0.3 is 10.1 Å². The molecule has 1 saturated carbocycles. The summed E-state index contributed by atoms with van der Waals surface area (Å²) in [6, 6.07) is 7.10. The molecule has 0 saturated heterocycles. The van der Waals surface area contributed by atoms with Gasteiger partial charge >= 0.3 is 12.3 Å². The summed E-state index contributed by atoms with van der Waals surface area (Å²) in [5, 5.41) is 2.70. The molecular formula is C22H22F3N3O4S. The molecule has 2 heterocycles. The Morgan fingerprint density at radius 2 is 2.00 bits per heavy atom. The zero-order chi connectivity index (χ0) is 23.6. The average molecular weight is 481 g/mol. The summed E-state index contributed by atoms with van der Waals surface area (Å²) in [6.07, 6.45) is 0.351. The van der Waals surface area contributed by atoms with E-state index in [1.807, 2.05) is 0 Å². The van der Waals surface area contributed by atoms with Crippen molar-refractivity contribution in [3.05, 3.63) is 59.8 Å². The van der Waals surface area contributed by atoms with Crippen molar-refractivity contribution in [3.8, 4) is 5.88 Å². The zero-order valence-electron chi connectivity index (χ0n) is 17.5. The predicted octanol–water partition coefficient (Wildman–Crippen LogP) is 4.08. The molecule has 1 fully saturated rings. The normalized spacial score (nSPS) is 17.4. The standard InChI is InChI=1S/C22H22F3N3O4S/c23-22(24,25)17-3-1-4-18(13-17)33(30,31)28-11-8-16(9-12-28)19-5-2-10-26-20(19)32-21(29)27-14-15-6-7-15/h1-5,8,10,13,15H,6-7,9,11-12,14H2,(H,27,29). The fraction of sp³-hybridized carbons (Fsp3) is 0.364. The van der Waals surface area contributed by atoms with Gasteiger partial charge in [-0.15, -0.1) is 0 Å². The number of amides is 1. The highest BCUT2D eigenvalue weighted by Crippen LogP contribution is 2.33. The molecule has 33 heavy (non-hydrogen) atoms. The Kier molecular flexibility index (Phi) is 6.44.